The molecule has 0 aliphatic heterocycles. The van der Waals surface area contributed by atoms with Crippen molar-refractivity contribution in [3.05, 3.63) is 82.8 Å². The molecule has 0 aliphatic rings. The zero-order valence-corrected chi connectivity index (χ0v) is 17.6. The number of benzene rings is 2. The third kappa shape index (κ3) is 4.86. The van der Waals surface area contributed by atoms with E-state index >= 15 is 0 Å². The van der Waals surface area contributed by atoms with Gasteiger partial charge in [0.05, 0.1) is 10.9 Å². The number of amides is 1. The topological polar surface area (TPSA) is 88.4 Å². The second-order valence-electron chi connectivity index (χ2n) is 7.07. The molecule has 7 heteroatoms. The average molecular weight is 413 g/mol. The van der Waals surface area contributed by atoms with Gasteiger partial charge in [-0.1, -0.05) is 18.2 Å². The summed E-state index contributed by atoms with van der Waals surface area (Å²) in [6.07, 6.45) is 0. The van der Waals surface area contributed by atoms with Crippen LogP contribution < -0.4 is 10.0 Å². The van der Waals surface area contributed by atoms with Crippen molar-refractivity contribution < 1.29 is 17.6 Å². The Bertz CT molecular complexity index is 1150. The molecule has 0 radical (unpaired) electrons. The van der Waals surface area contributed by atoms with Gasteiger partial charge in [-0.2, -0.15) is 0 Å². The molecule has 0 bridgehead atoms. The van der Waals surface area contributed by atoms with E-state index < -0.39 is 10.0 Å². The predicted molar refractivity (Wildman–Crippen MR) is 112 cm³/mol. The van der Waals surface area contributed by atoms with Crippen molar-refractivity contribution in [1.82, 2.24) is 5.32 Å². The molecular weight excluding hydrogens is 388 g/mol. The third-order valence-electron chi connectivity index (χ3n) is 4.57. The molecule has 29 heavy (non-hydrogen) atoms. The largest absolute Gasteiger partial charge is 0.466 e. The van der Waals surface area contributed by atoms with Crippen LogP contribution in [0.15, 0.2) is 63.9 Å². The summed E-state index contributed by atoms with van der Waals surface area (Å²) < 4.78 is 33.5. The maximum atomic E-state index is 12.7. The molecule has 1 amide bonds. The van der Waals surface area contributed by atoms with Gasteiger partial charge in [0, 0.05) is 16.8 Å². The lowest BCUT2D eigenvalue weighted by atomic mass is 10.1. The molecule has 2 aromatic carbocycles. The van der Waals surface area contributed by atoms with Crippen LogP contribution >= 0.6 is 0 Å². The Morgan fingerprint density at radius 1 is 1.00 bits per heavy atom. The molecule has 2 N–H and O–H groups in total. The first-order valence-electron chi connectivity index (χ1n) is 9.23. The molecule has 0 fully saturated rings. The number of anilines is 1. The van der Waals surface area contributed by atoms with Crippen LogP contribution in [0.2, 0.25) is 0 Å². The summed E-state index contributed by atoms with van der Waals surface area (Å²) >= 11 is 0. The second-order valence-corrected chi connectivity index (χ2v) is 8.75. The first-order valence-corrected chi connectivity index (χ1v) is 10.7. The summed E-state index contributed by atoms with van der Waals surface area (Å²) in [5.74, 6) is 1.16. The van der Waals surface area contributed by atoms with Crippen LogP contribution in [0.5, 0.6) is 0 Å². The average Bonchev–Trinajstić information content (AvgIpc) is 3.00. The van der Waals surface area contributed by atoms with Crippen molar-refractivity contribution in [2.24, 2.45) is 0 Å². The normalized spacial score (nSPS) is 12.4. The molecule has 1 unspecified atom stereocenters. The Balaban J connectivity index is 1.79. The van der Waals surface area contributed by atoms with E-state index in [9.17, 15) is 13.2 Å². The highest BCUT2D eigenvalue weighted by molar-refractivity contribution is 7.92. The lowest BCUT2D eigenvalue weighted by molar-refractivity contribution is 0.0939. The van der Waals surface area contributed by atoms with Crippen molar-refractivity contribution in [2.75, 3.05) is 4.72 Å². The fourth-order valence-electron chi connectivity index (χ4n) is 3.17. The van der Waals surface area contributed by atoms with E-state index in [0.29, 0.717) is 5.69 Å². The van der Waals surface area contributed by atoms with Crippen molar-refractivity contribution in [1.29, 1.82) is 0 Å². The standard InChI is InChI=1S/C22H24N2O4S/c1-14-7-5-9-19(11-14)24-29(26,27)20-10-6-8-18(13-20)22(25)23-16(3)21-12-15(2)28-17(21)4/h5-13,16,24H,1-4H3,(H,23,25). The molecule has 3 rings (SSSR count). The Morgan fingerprint density at radius 3 is 2.38 bits per heavy atom. The minimum absolute atomic E-state index is 0.0228. The second kappa shape index (κ2) is 8.13. The quantitative estimate of drug-likeness (QED) is 0.624. The molecule has 1 atom stereocenters. The van der Waals surface area contributed by atoms with Crippen molar-refractivity contribution in [2.45, 2.75) is 38.6 Å². The minimum Gasteiger partial charge on any atom is -0.466 e. The van der Waals surface area contributed by atoms with Gasteiger partial charge in [0.25, 0.3) is 15.9 Å². The van der Waals surface area contributed by atoms with Crippen LogP contribution in [0.1, 0.15) is 46.0 Å². The number of carbonyl (C=O) groups excluding carboxylic acids is 1. The Kier molecular flexibility index (Phi) is 5.79. The highest BCUT2D eigenvalue weighted by Gasteiger charge is 2.19. The molecule has 6 nitrogen and oxygen atoms in total. The van der Waals surface area contributed by atoms with Gasteiger partial charge in [-0.15, -0.1) is 0 Å². The van der Waals surface area contributed by atoms with Crippen LogP contribution in [0.25, 0.3) is 0 Å². The zero-order valence-electron chi connectivity index (χ0n) is 16.8. The molecule has 3 aromatic rings. The predicted octanol–water partition coefficient (Wildman–Crippen LogP) is 4.50. The van der Waals surface area contributed by atoms with Gasteiger partial charge in [0.2, 0.25) is 0 Å². The number of aryl methyl sites for hydroxylation is 3. The van der Waals surface area contributed by atoms with E-state index in [4.69, 9.17) is 4.42 Å². The molecule has 0 saturated carbocycles. The lowest BCUT2D eigenvalue weighted by Crippen LogP contribution is -2.27. The summed E-state index contributed by atoms with van der Waals surface area (Å²) in [5.41, 5.74) is 2.57. The van der Waals surface area contributed by atoms with E-state index in [1.165, 1.54) is 12.1 Å². The van der Waals surface area contributed by atoms with Crippen molar-refractivity contribution >= 4 is 21.6 Å². The van der Waals surface area contributed by atoms with E-state index in [1.807, 2.05) is 39.8 Å². The number of carbonyl (C=O) groups is 1. The maximum Gasteiger partial charge on any atom is 0.261 e. The number of hydrogen-bond donors (Lipinski definition) is 2. The Morgan fingerprint density at radius 2 is 1.72 bits per heavy atom. The minimum atomic E-state index is -3.82. The summed E-state index contributed by atoms with van der Waals surface area (Å²) in [5, 5.41) is 2.89. The molecular formula is C22H24N2O4S. The molecule has 1 aromatic heterocycles. The summed E-state index contributed by atoms with van der Waals surface area (Å²) in [4.78, 5) is 12.7. The monoisotopic (exact) mass is 412 g/mol. The molecule has 0 saturated heterocycles. The molecule has 0 aliphatic carbocycles. The van der Waals surface area contributed by atoms with Gasteiger partial charge in [-0.05, 0) is 69.7 Å². The lowest BCUT2D eigenvalue weighted by Gasteiger charge is -2.14. The van der Waals surface area contributed by atoms with Gasteiger partial charge >= 0.3 is 0 Å². The van der Waals surface area contributed by atoms with Crippen LogP contribution in [0, 0.1) is 20.8 Å². The Hall–Kier alpha value is -3.06. The molecule has 152 valence electrons. The summed E-state index contributed by atoms with van der Waals surface area (Å²) in [6.45, 7) is 7.43. The van der Waals surface area contributed by atoms with Crippen LogP contribution in [-0.2, 0) is 10.0 Å². The third-order valence-corrected chi connectivity index (χ3v) is 5.95. The number of furan rings is 1. The first-order chi connectivity index (χ1) is 13.7. The van der Waals surface area contributed by atoms with Gasteiger partial charge in [0.1, 0.15) is 11.5 Å². The van der Waals surface area contributed by atoms with Crippen molar-refractivity contribution in [3.63, 3.8) is 0 Å². The molecule has 0 spiro atoms. The smallest absolute Gasteiger partial charge is 0.261 e. The van der Waals surface area contributed by atoms with Gasteiger partial charge in [-0.25, -0.2) is 8.42 Å². The number of nitrogens with one attached hydrogen (secondary N) is 2. The Labute approximate surface area is 171 Å². The first kappa shape index (κ1) is 20.7. The van der Waals surface area contributed by atoms with E-state index in [-0.39, 0.29) is 22.4 Å². The van der Waals surface area contributed by atoms with Crippen molar-refractivity contribution in [3.8, 4) is 0 Å². The van der Waals surface area contributed by atoms with Crippen LogP contribution in [0.3, 0.4) is 0 Å². The number of rotatable bonds is 6. The van der Waals surface area contributed by atoms with E-state index in [2.05, 4.69) is 10.0 Å². The van der Waals surface area contributed by atoms with Gasteiger partial charge in [-0.3, -0.25) is 9.52 Å². The zero-order chi connectivity index (χ0) is 21.2. The maximum absolute atomic E-state index is 12.7. The SMILES string of the molecule is Cc1cccc(NS(=O)(=O)c2cccc(C(=O)NC(C)c3cc(C)oc3C)c2)c1. The van der Waals surface area contributed by atoms with Crippen LogP contribution in [-0.4, -0.2) is 14.3 Å². The fourth-order valence-corrected chi connectivity index (χ4v) is 4.26. The number of sulfonamides is 1. The fraction of sp³-hybridized carbons (Fsp3) is 0.227. The van der Waals surface area contributed by atoms with E-state index in [0.717, 1.165) is 22.6 Å². The van der Waals surface area contributed by atoms with E-state index in [1.54, 1.807) is 30.3 Å². The highest BCUT2D eigenvalue weighted by Crippen LogP contribution is 2.22. The summed E-state index contributed by atoms with van der Waals surface area (Å²) in [7, 11) is -3.82. The number of hydrogen-bond acceptors (Lipinski definition) is 4. The van der Waals surface area contributed by atoms with Gasteiger partial charge in [0.15, 0.2) is 0 Å². The highest BCUT2D eigenvalue weighted by atomic mass is 32.2. The summed E-state index contributed by atoms with van der Waals surface area (Å²) in [6, 6.07) is 14.7. The van der Waals surface area contributed by atoms with Gasteiger partial charge < -0.3 is 9.73 Å². The molecule has 1 heterocycles. The van der Waals surface area contributed by atoms with Crippen LogP contribution in [0.4, 0.5) is 5.69 Å².